The Morgan fingerprint density at radius 3 is 2.56 bits per heavy atom. The number of hydrogen-bond acceptors (Lipinski definition) is 4. The van der Waals surface area contributed by atoms with Gasteiger partial charge in [0.2, 0.25) is 0 Å². The first-order chi connectivity index (χ1) is 13.1. The van der Waals surface area contributed by atoms with Gasteiger partial charge in [-0.1, -0.05) is 20.8 Å². The lowest BCUT2D eigenvalue weighted by Crippen LogP contribution is -2.50. The van der Waals surface area contributed by atoms with Gasteiger partial charge in [0.15, 0.2) is 5.96 Å². The van der Waals surface area contributed by atoms with Crippen molar-refractivity contribution in [2.45, 2.75) is 53.1 Å². The molecule has 0 saturated carbocycles. The van der Waals surface area contributed by atoms with Crippen molar-refractivity contribution in [2.24, 2.45) is 16.8 Å². The summed E-state index contributed by atoms with van der Waals surface area (Å²) in [6, 6.07) is 0. The summed E-state index contributed by atoms with van der Waals surface area (Å²) < 4.78 is 5.96. The van der Waals surface area contributed by atoms with Gasteiger partial charge >= 0.3 is 0 Å². The molecule has 0 aromatic rings. The molecule has 6 nitrogen and oxygen atoms in total. The third-order valence-electron chi connectivity index (χ3n) is 5.44. The van der Waals surface area contributed by atoms with E-state index < -0.39 is 0 Å². The van der Waals surface area contributed by atoms with Gasteiger partial charge in [0.25, 0.3) is 0 Å². The van der Waals surface area contributed by atoms with Crippen molar-refractivity contribution < 1.29 is 4.74 Å². The van der Waals surface area contributed by atoms with Crippen LogP contribution in [0.3, 0.4) is 0 Å². The maximum absolute atomic E-state index is 5.96. The lowest BCUT2D eigenvalue weighted by Gasteiger charge is -2.34. The highest BCUT2D eigenvalue weighted by Crippen LogP contribution is 2.17. The summed E-state index contributed by atoms with van der Waals surface area (Å²) in [4.78, 5) is 9.98. The molecule has 0 radical (unpaired) electrons. The number of morpholine rings is 1. The van der Waals surface area contributed by atoms with Crippen LogP contribution >= 0.6 is 0 Å². The van der Waals surface area contributed by atoms with Crippen molar-refractivity contribution in [3.8, 4) is 0 Å². The predicted octanol–water partition coefficient (Wildman–Crippen LogP) is 2.02. The minimum absolute atomic E-state index is 0.249. The van der Waals surface area contributed by atoms with Crippen molar-refractivity contribution in [3.05, 3.63) is 0 Å². The second kappa shape index (κ2) is 12.6. The minimum atomic E-state index is 0.249. The van der Waals surface area contributed by atoms with Gasteiger partial charge in [-0.2, -0.15) is 0 Å². The lowest BCUT2D eigenvalue weighted by molar-refractivity contribution is -0.0284. The van der Waals surface area contributed by atoms with Crippen LogP contribution in [0, 0.1) is 11.8 Å². The zero-order valence-corrected chi connectivity index (χ0v) is 18.2. The third kappa shape index (κ3) is 8.79. The van der Waals surface area contributed by atoms with Gasteiger partial charge in [0.1, 0.15) is 0 Å². The van der Waals surface area contributed by atoms with Crippen molar-refractivity contribution >= 4 is 5.96 Å². The van der Waals surface area contributed by atoms with Gasteiger partial charge in [-0.15, -0.1) is 0 Å². The van der Waals surface area contributed by atoms with E-state index in [9.17, 15) is 0 Å². The topological polar surface area (TPSA) is 52.1 Å². The summed E-state index contributed by atoms with van der Waals surface area (Å²) in [5, 5.41) is 6.90. The maximum atomic E-state index is 5.96. The summed E-state index contributed by atoms with van der Waals surface area (Å²) in [6.07, 6.45) is 4.06. The fourth-order valence-electron chi connectivity index (χ4n) is 4.07. The Kier molecular flexibility index (Phi) is 10.5. The van der Waals surface area contributed by atoms with Crippen molar-refractivity contribution in [1.82, 2.24) is 20.4 Å². The number of ether oxygens (including phenoxy) is 1. The number of nitrogens with zero attached hydrogens (tertiary/aromatic N) is 3. The number of guanidine groups is 1. The summed E-state index contributed by atoms with van der Waals surface area (Å²) >= 11 is 0. The molecule has 2 aliphatic rings. The smallest absolute Gasteiger partial charge is 0.191 e. The van der Waals surface area contributed by atoms with Crippen molar-refractivity contribution in [2.75, 3.05) is 65.5 Å². The normalized spacial score (nSPS) is 23.7. The Morgan fingerprint density at radius 2 is 1.89 bits per heavy atom. The molecule has 0 amide bonds. The second-order valence-electron chi connectivity index (χ2n) is 8.53. The zero-order chi connectivity index (χ0) is 19.5. The van der Waals surface area contributed by atoms with Gasteiger partial charge in [0.05, 0.1) is 12.7 Å². The molecule has 2 saturated heterocycles. The zero-order valence-electron chi connectivity index (χ0n) is 18.2. The van der Waals surface area contributed by atoms with Crippen LogP contribution in [0.15, 0.2) is 4.99 Å². The van der Waals surface area contributed by atoms with E-state index in [0.29, 0.717) is 5.92 Å². The molecule has 0 spiro atoms. The van der Waals surface area contributed by atoms with Crippen LogP contribution < -0.4 is 10.6 Å². The van der Waals surface area contributed by atoms with Crippen LogP contribution in [0.25, 0.3) is 0 Å². The average molecular weight is 382 g/mol. The molecule has 27 heavy (non-hydrogen) atoms. The number of nitrogens with one attached hydrogen (secondary N) is 2. The van der Waals surface area contributed by atoms with Crippen LogP contribution in [-0.2, 0) is 4.74 Å². The van der Waals surface area contributed by atoms with E-state index in [1.807, 2.05) is 0 Å². The van der Waals surface area contributed by atoms with Gasteiger partial charge in [-0.3, -0.25) is 9.89 Å². The van der Waals surface area contributed by atoms with Crippen molar-refractivity contribution in [3.63, 3.8) is 0 Å². The molecule has 2 aliphatic heterocycles. The molecule has 1 unspecified atom stereocenters. The Morgan fingerprint density at radius 1 is 1.11 bits per heavy atom. The first-order valence-electron chi connectivity index (χ1n) is 11.2. The van der Waals surface area contributed by atoms with Crippen LogP contribution in [-0.4, -0.2) is 87.4 Å². The molecule has 2 heterocycles. The quantitative estimate of drug-likeness (QED) is 0.473. The lowest BCUT2D eigenvalue weighted by atomic mass is 9.97. The SMILES string of the molecule is CCCN1CCC(CN=C(NCC)NCC2CN(CC(C)C)CCO2)CC1. The molecular weight excluding hydrogens is 338 g/mol. The van der Waals surface area contributed by atoms with E-state index in [2.05, 4.69) is 48.1 Å². The average Bonchev–Trinajstić information content (AvgIpc) is 2.65. The van der Waals surface area contributed by atoms with E-state index >= 15 is 0 Å². The Hall–Kier alpha value is -0.850. The van der Waals surface area contributed by atoms with Crippen LogP contribution in [0.1, 0.15) is 47.0 Å². The number of likely N-dealkylation sites (tertiary alicyclic amines) is 1. The van der Waals surface area contributed by atoms with E-state index in [1.54, 1.807) is 0 Å². The largest absolute Gasteiger partial charge is 0.374 e. The van der Waals surface area contributed by atoms with E-state index in [1.165, 1.54) is 38.9 Å². The number of rotatable bonds is 9. The number of piperidine rings is 1. The molecule has 0 aromatic carbocycles. The van der Waals surface area contributed by atoms with Gasteiger partial charge < -0.3 is 20.3 Å². The molecule has 2 rings (SSSR count). The van der Waals surface area contributed by atoms with E-state index in [4.69, 9.17) is 9.73 Å². The fourth-order valence-corrected chi connectivity index (χ4v) is 4.07. The third-order valence-corrected chi connectivity index (χ3v) is 5.44. The molecular formula is C21H43N5O. The Labute approximate surface area is 167 Å². The highest BCUT2D eigenvalue weighted by molar-refractivity contribution is 5.79. The van der Waals surface area contributed by atoms with Crippen LogP contribution in [0.2, 0.25) is 0 Å². The predicted molar refractivity (Wildman–Crippen MR) is 114 cm³/mol. The minimum Gasteiger partial charge on any atom is -0.374 e. The van der Waals surface area contributed by atoms with E-state index in [-0.39, 0.29) is 6.10 Å². The first-order valence-corrected chi connectivity index (χ1v) is 11.2. The Balaban J connectivity index is 1.73. The monoisotopic (exact) mass is 381 g/mol. The molecule has 0 aromatic heterocycles. The Bertz CT molecular complexity index is 421. The van der Waals surface area contributed by atoms with Gasteiger partial charge in [-0.05, 0) is 57.7 Å². The molecule has 2 fully saturated rings. The van der Waals surface area contributed by atoms with Crippen molar-refractivity contribution in [1.29, 1.82) is 0 Å². The van der Waals surface area contributed by atoms with Gasteiger partial charge in [-0.25, -0.2) is 0 Å². The van der Waals surface area contributed by atoms with Gasteiger partial charge in [0, 0.05) is 39.3 Å². The molecule has 0 aliphatic carbocycles. The molecule has 1 atom stereocenters. The highest BCUT2D eigenvalue weighted by atomic mass is 16.5. The van der Waals surface area contributed by atoms with Crippen LogP contribution in [0.4, 0.5) is 0 Å². The maximum Gasteiger partial charge on any atom is 0.191 e. The number of aliphatic imine (C=N–C) groups is 1. The molecule has 0 bridgehead atoms. The summed E-state index contributed by atoms with van der Waals surface area (Å²) in [5.41, 5.74) is 0. The second-order valence-corrected chi connectivity index (χ2v) is 8.53. The molecule has 2 N–H and O–H groups in total. The first kappa shape index (κ1) is 22.4. The highest BCUT2D eigenvalue weighted by Gasteiger charge is 2.21. The number of hydrogen-bond donors (Lipinski definition) is 2. The fraction of sp³-hybridized carbons (Fsp3) is 0.952. The van der Waals surface area contributed by atoms with E-state index in [0.717, 1.165) is 57.8 Å². The summed E-state index contributed by atoms with van der Waals surface area (Å²) in [5.74, 6) is 2.37. The summed E-state index contributed by atoms with van der Waals surface area (Å²) in [7, 11) is 0. The molecule has 6 heteroatoms. The molecule has 158 valence electrons. The van der Waals surface area contributed by atoms with Crippen LogP contribution in [0.5, 0.6) is 0 Å². The standard InChI is InChI=1S/C21H43N5O/c1-5-9-25-10-7-19(8-11-25)14-23-21(22-6-2)24-15-20-17-26(12-13-27-20)16-18(3)4/h18-20H,5-17H2,1-4H3,(H2,22,23,24). The summed E-state index contributed by atoms with van der Waals surface area (Å²) in [6.45, 7) is 19.4.